The number of halogens is 2. The molecule has 1 aromatic rings. The molecule has 0 spiro atoms. The lowest BCUT2D eigenvalue weighted by atomic mass is 10.2. The van der Waals surface area contributed by atoms with Crippen molar-refractivity contribution < 1.29 is 18.3 Å². The summed E-state index contributed by atoms with van der Waals surface area (Å²) in [7, 11) is 0. The van der Waals surface area contributed by atoms with E-state index in [1.807, 2.05) is 0 Å². The number of anilines is 1. The molecule has 7 heteroatoms. The summed E-state index contributed by atoms with van der Waals surface area (Å²) in [5.74, 6) is -0.406. The van der Waals surface area contributed by atoms with Crippen molar-refractivity contribution in [1.82, 2.24) is 10.3 Å². The minimum Gasteiger partial charge on any atom is -0.398 e. The van der Waals surface area contributed by atoms with Gasteiger partial charge in [-0.15, -0.1) is 0 Å². The Hall–Kier alpha value is -1.76. The molecular formula is C10H13F2N3O2. The number of alkyl halides is 2. The lowest BCUT2D eigenvalue weighted by Crippen LogP contribution is -2.28. The van der Waals surface area contributed by atoms with Crippen molar-refractivity contribution in [3.8, 4) is 0 Å². The van der Waals surface area contributed by atoms with E-state index in [0.717, 1.165) is 0 Å². The average molecular weight is 245 g/mol. The smallest absolute Gasteiger partial charge is 0.261 e. The Bertz CT molecular complexity index is 374. The first-order valence-electron chi connectivity index (χ1n) is 4.95. The van der Waals surface area contributed by atoms with Gasteiger partial charge in [0.1, 0.15) is 6.61 Å². The van der Waals surface area contributed by atoms with Gasteiger partial charge >= 0.3 is 0 Å². The zero-order chi connectivity index (χ0) is 12.7. The number of hydrogen-bond donors (Lipinski definition) is 2. The summed E-state index contributed by atoms with van der Waals surface area (Å²) in [6.07, 6.45) is 0.308. The zero-order valence-electron chi connectivity index (χ0n) is 9.03. The van der Waals surface area contributed by atoms with E-state index >= 15 is 0 Å². The van der Waals surface area contributed by atoms with Crippen molar-refractivity contribution in [3.05, 3.63) is 24.0 Å². The number of amides is 1. The molecule has 3 N–H and O–H groups in total. The number of ether oxygens (including phenoxy) is 1. The van der Waals surface area contributed by atoms with E-state index in [0.29, 0.717) is 5.69 Å². The minimum atomic E-state index is -2.50. The number of nitrogens with two attached hydrogens (primary N) is 1. The highest BCUT2D eigenvalue weighted by molar-refractivity contribution is 5.98. The molecule has 0 aliphatic carbocycles. The van der Waals surface area contributed by atoms with Crippen molar-refractivity contribution in [2.24, 2.45) is 0 Å². The first-order chi connectivity index (χ1) is 8.11. The molecule has 1 rings (SSSR count). The second kappa shape index (κ2) is 6.74. The summed E-state index contributed by atoms with van der Waals surface area (Å²) in [6.45, 7) is -0.471. The van der Waals surface area contributed by atoms with Crippen LogP contribution in [0.3, 0.4) is 0 Å². The Labute approximate surface area is 97.0 Å². The molecule has 0 aromatic carbocycles. The highest BCUT2D eigenvalue weighted by Gasteiger charge is 2.08. The second-order valence-electron chi connectivity index (χ2n) is 3.18. The summed E-state index contributed by atoms with van der Waals surface area (Å²) in [5, 5.41) is 2.48. The summed E-state index contributed by atoms with van der Waals surface area (Å²) < 4.78 is 28.0. The van der Waals surface area contributed by atoms with Gasteiger partial charge < -0.3 is 15.8 Å². The Kier molecular flexibility index (Phi) is 5.28. The van der Waals surface area contributed by atoms with E-state index in [-0.39, 0.29) is 18.7 Å². The van der Waals surface area contributed by atoms with E-state index in [1.54, 1.807) is 0 Å². The van der Waals surface area contributed by atoms with Crippen LogP contribution in [-0.2, 0) is 4.74 Å². The average Bonchev–Trinajstić information content (AvgIpc) is 2.28. The maximum atomic E-state index is 11.7. The number of nitrogens with zero attached hydrogens (tertiary/aromatic N) is 1. The third-order valence-electron chi connectivity index (χ3n) is 1.88. The number of carbonyl (C=O) groups is 1. The first-order valence-corrected chi connectivity index (χ1v) is 4.95. The fourth-order valence-electron chi connectivity index (χ4n) is 1.10. The topological polar surface area (TPSA) is 77.2 Å². The van der Waals surface area contributed by atoms with Crippen LogP contribution in [0.1, 0.15) is 10.4 Å². The lowest BCUT2D eigenvalue weighted by Gasteiger charge is -2.07. The quantitative estimate of drug-likeness (QED) is 0.722. The largest absolute Gasteiger partial charge is 0.398 e. The Morgan fingerprint density at radius 1 is 1.59 bits per heavy atom. The van der Waals surface area contributed by atoms with Crippen LogP contribution in [0.5, 0.6) is 0 Å². The summed E-state index contributed by atoms with van der Waals surface area (Å²) >= 11 is 0. The first kappa shape index (κ1) is 13.3. The van der Waals surface area contributed by atoms with Crippen molar-refractivity contribution in [2.45, 2.75) is 6.43 Å². The normalized spacial score (nSPS) is 10.5. The predicted octanol–water partition coefficient (Wildman–Crippen LogP) is 0.675. The van der Waals surface area contributed by atoms with Crippen molar-refractivity contribution in [1.29, 1.82) is 0 Å². The second-order valence-corrected chi connectivity index (χ2v) is 3.18. The number of carbonyl (C=O) groups excluding carboxylic acids is 1. The van der Waals surface area contributed by atoms with Gasteiger partial charge in [-0.05, 0) is 6.07 Å². The van der Waals surface area contributed by atoms with Crippen LogP contribution in [0.4, 0.5) is 14.5 Å². The van der Waals surface area contributed by atoms with E-state index in [1.165, 1.54) is 18.5 Å². The third kappa shape index (κ3) is 4.73. The van der Waals surface area contributed by atoms with E-state index in [4.69, 9.17) is 5.73 Å². The molecule has 1 aromatic heterocycles. The molecule has 0 fully saturated rings. The Morgan fingerprint density at radius 3 is 3.00 bits per heavy atom. The van der Waals surface area contributed by atoms with E-state index in [9.17, 15) is 13.6 Å². The predicted molar refractivity (Wildman–Crippen MR) is 57.8 cm³/mol. The maximum absolute atomic E-state index is 11.7. The highest BCUT2D eigenvalue weighted by Crippen LogP contribution is 2.07. The molecule has 0 aliphatic rings. The number of rotatable bonds is 6. The molecule has 0 atom stereocenters. The van der Waals surface area contributed by atoms with E-state index < -0.39 is 18.9 Å². The van der Waals surface area contributed by atoms with Gasteiger partial charge in [-0.25, -0.2) is 8.78 Å². The molecular weight excluding hydrogens is 232 g/mol. The number of nitrogens with one attached hydrogen (secondary N) is 1. The van der Waals surface area contributed by atoms with Gasteiger partial charge in [0.2, 0.25) is 0 Å². The van der Waals surface area contributed by atoms with Crippen LogP contribution in [0.15, 0.2) is 18.5 Å². The molecule has 1 amide bonds. The Balaban J connectivity index is 2.29. The standard InChI is InChI=1S/C10H13F2N3O2/c11-9(12)6-17-4-3-15-10(16)7-5-14-2-1-8(7)13/h1-2,5,9H,3-4,6H2,(H2,13,14)(H,15,16). The van der Waals surface area contributed by atoms with Crippen LogP contribution in [0, 0.1) is 0 Å². The molecule has 0 saturated carbocycles. The molecule has 5 nitrogen and oxygen atoms in total. The fraction of sp³-hybridized carbons (Fsp3) is 0.400. The molecule has 94 valence electrons. The fourth-order valence-corrected chi connectivity index (χ4v) is 1.10. The molecule has 1 heterocycles. The minimum absolute atomic E-state index is 0.0241. The van der Waals surface area contributed by atoms with Gasteiger partial charge in [-0.2, -0.15) is 0 Å². The summed E-state index contributed by atoms with van der Waals surface area (Å²) in [4.78, 5) is 15.3. The zero-order valence-corrected chi connectivity index (χ0v) is 9.03. The van der Waals surface area contributed by atoms with Crippen molar-refractivity contribution >= 4 is 11.6 Å². The molecule has 0 aliphatic heterocycles. The maximum Gasteiger partial charge on any atom is 0.261 e. The number of aromatic nitrogens is 1. The van der Waals surface area contributed by atoms with Crippen molar-refractivity contribution in [3.63, 3.8) is 0 Å². The van der Waals surface area contributed by atoms with Crippen LogP contribution in [0.2, 0.25) is 0 Å². The highest BCUT2D eigenvalue weighted by atomic mass is 19.3. The van der Waals surface area contributed by atoms with Gasteiger partial charge in [-0.3, -0.25) is 9.78 Å². The molecule has 0 radical (unpaired) electrons. The Morgan fingerprint density at radius 2 is 2.35 bits per heavy atom. The van der Waals surface area contributed by atoms with E-state index in [2.05, 4.69) is 15.0 Å². The molecule has 0 saturated heterocycles. The number of nitrogen functional groups attached to an aromatic ring is 1. The molecule has 0 unspecified atom stereocenters. The number of hydrogen-bond acceptors (Lipinski definition) is 4. The SMILES string of the molecule is Nc1ccncc1C(=O)NCCOCC(F)F. The van der Waals surface area contributed by atoms with Crippen LogP contribution in [-0.4, -0.2) is 37.1 Å². The summed E-state index contributed by atoms with van der Waals surface area (Å²) in [5.41, 5.74) is 6.12. The van der Waals surface area contributed by atoms with Crippen LogP contribution < -0.4 is 11.1 Å². The monoisotopic (exact) mass is 245 g/mol. The lowest BCUT2D eigenvalue weighted by molar-refractivity contribution is 0.0188. The van der Waals surface area contributed by atoms with Crippen LogP contribution in [0.25, 0.3) is 0 Å². The third-order valence-corrected chi connectivity index (χ3v) is 1.88. The van der Waals surface area contributed by atoms with Gasteiger partial charge in [0.15, 0.2) is 0 Å². The van der Waals surface area contributed by atoms with Gasteiger partial charge in [0.25, 0.3) is 12.3 Å². The van der Waals surface area contributed by atoms with Crippen LogP contribution >= 0.6 is 0 Å². The van der Waals surface area contributed by atoms with Gasteiger partial charge in [0.05, 0.1) is 12.2 Å². The van der Waals surface area contributed by atoms with Gasteiger partial charge in [-0.1, -0.05) is 0 Å². The summed E-state index contributed by atoms with van der Waals surface area (Å²) in [6, 6.07) is 1.50. The van der Waals surface area contributed by atoms with Crippen molar-refractivity contribution in [2.75, 3.05) is 25.5 Å². The van der Waals surface area contributed by atoms with Gasteiger partial charge in [0, 0.05) is 24.6 Å². The number of pyridine rings is 1. The molecule has 0 bridgehead atoms. The molecule has 17 heavy (non-hydrogen) atoms.